The largest absolute Gasteiger partial charge is 0.508 e. The first-order chi connectivity index (χ1) is 11.1. The van der Waals surface area contributed by atoms with Crippen molar-refractivity contribution in [3.05, 3.63) is 65.7 Å². The highest BCUT2D eigenvalue weighted by Crippen LogP contribution is 2.11. The molecule has 2 atom stereocenters. The van der Waals surface area contributed by atoms with Gasteiger partial charge in [-0.2, -0.15) is 0 Å². The number of carbonyl (C=O) groups excluding carboxylic acids is 2. The quantitative estimate of drug-likeness (QED) is 0.714. The summed E-state index contributed by atoms with van der Waals surface area (Å²) >= 11 is 0. The maximum atomic E-state index is 12.1. The number of nitrogens with two attached hydrogens (primary N) is 1. The number of nitrogens with one attached hydrogen (secondary N) is 1. The zero-order valence-corrected chi connectivity index (χ0v) is 12.6. The molecule has 0 aliphatic carbocycles. The molecule has 0 aromatic heterocycles. The molecule has 4 N–H and O–H groups in total. The summed E-state index contributed by atoms with van der Waals surface area (Å²) in [6, 6.07) is 14.4. The average Bonchev–Trinajstić information content (AvgIpc) is 2.57. The van der Waals surface area contributed by atoms with E-state index in [1.165, 1.54) is 12.1 Å². The molecule has 0 fully saturated rings. The van der Waals surface area contributed by atoms with E-state index in [1.807, 2.05) is 36.6 Å². The maximum absolute atomic E-state index is 12.1. The Morgan fingerprint density at radius 1 is 1.04 bits per heavy atom. The Bertz CT molecular complexity index is 641. The molecule has 0 spiro atoms. The van der Waals surface area contributed by atoms with E-state index >= 15 is 0 Å². The standard InChI is InChI=1S/C18H19N2O3/c19-17(11-14-6-8-16(22)9-7-14)18(23)20-15(12-21)10-13-4-2-1-3-5-13/h1-9,15,17,22H,10-11,19H2,(H,20,23)/t15-,17-/m0/s1. The van der Waals surface area contributed by atoms with Crippen molar-refractivity contribution in [1.82, 2.24) is 5.32 Å². The lowest BCUT2D eigenvalue weighted by molar-refractivity contribution is -0.122. The SMILES string of the molecule is N[C@@H](Cc1ccc(O)cc1)C(=O)N[C@H]([C]=O)Cc1ccccc1. The summed E-state index contributed by atoms with van der Waals surface area (Å²) < 4.78 is 0. The van der Waals surface area contributed by atoms with E-state index < -0.39 is 18.0 Å². The van der Waals surface area contributed by atoms with E-state index in [4.69, 9.17) is 5.73 Å². The fraction of sp³-hybridized carbons (Fsp3) is 0.222. The second kappa shape index (κ2) is 8.10. The number of phenolic OH excluding ortho intramolecular Hbond substituents is 1. The molecule has 0 bridgehead atoms. The van der Waals surface area contributed by atoms with Crippen LogP contribution in [-0.4, -0.2) is 29.4 Å². The third-order valence-electron chi connectivity index (χ3n) is 3.47. The van der Waals surface area contributed by atoms with Crippen molar-refractivity contribution in [1.29, 1.82) is 0 Å². The zero-order chi connectivity index (χ0) is 16.7. The first-order valence-electron chi connectivity index (χ1n) is 7.34. The molecule has 2 aromatic rings. The summed E-state index contributed by atoms with van der Waals surface area (Å²) in [4.78, 5) is 23.2. The molecule has 0 heterocycles. The van der Waals surface area contributed by atoms with Crippen LogP contribution in [0.25, 0.3) is 0 Å². The van der Waals surface area contributed by atoms with E-state index in [0.717, 1.165) is 11.1 Å². The van der Waals surface area contributed by atoms with Crippen LogP contribution in [0.1, 0.15) is 11.1 Å². The Balaban J connectivity index is 1.90. The van der Waals surface area contributed by atoms with Crippen LogP contribution in [0.3, 0.4) is 0 Å². The van der Waals surface area contributed by atoms with Gasteiger partial charge in [-0.05, 0) is 29.7 Å². The van der Waals surface area contributed by atoms with Crippen LogP contribution < -0.4 is 11.1 Å². The molecular weight excluding hydrogens is 292 g/mol. The molecule has 5 nitrogen and oxygen atoms in total. The summed E-state index contributed by atoms with van der Waals surface area (Å²) in [5, 5.41) is 11.8. The van der Waals surface area contributed by atoms with Crippen LogP contribution in [0.2, 0.25) is 0 Å². The number of carbonyl (C=O) groups is 1. The van der Waals surface area contributed by atoms with Gasteiger partial charge in [0, 0.05) is 6.42 Å². The molecule has 0 aliphatic rings. The minimum absolute atomic E-state index is 0.158. The zero-order valence-electron chi connectivity index (χ0n) is 12.6. The number of hydrogen-bond donors (Lipinski definition) is 3. The molecule has 23 heavy (non-hydrogen) atoms. The minimum atomic E-state index is -0.772. The second-order valence-corrected chi connectivity index (χ2v) is 5.35. The van der Waals surface area contributed by atoms with Crippen LogP contribution in [0.5, 0.6) is 5.75 Å². The smallest absolute Gasteiger partial charge is 0.237 e. The molecule has 0 saturated carbocycles. The number of amides is 1. The van der Waals surface area contributed by atoms with Crippen molar-refractivity contribution >= 4 is 12.2 Å². The van der Waals surface area contributed by atoms with Crippen molar-refractivity contribution in [2.45, 2.75) is 24.9 Å². The fourth-order valence-corrected chi connectivity index (χ4v) is 2.23. The van der Waals surface area contributed by atoms with Crippen LogP contribution in [0.4, 0.5) is 0 Å². The van der Waals surface area contributed by atoms with Gasteiger partial charge in [-0.1, -0.05) is 42.5 Å². The molecule has 0 aliphatic heterocycles. The number of aromatic hydroxyl groups is 1. The highest BCUT2D eigenvalue weighted by Gasteiger charge is 2.19. The number of benzene rings is 2. The molecule has 119 valence electrons. The predicted octanol–water partition coefficient (Wildman–Crippen LogP) is 1.10. The van der Waals surface area contributed by atoms with Crippen molar-refractivity contribution in [3.63, 3.8) is 0 Å². The summed E-state index contributed by atoms with van der Waals surface area (Å²) in [5.74, 6) is -0.243. The second-order valence-electron chi connectivity index (χ2n) is 5.35. The van der Waals surface area contributed by atoms with Gasteiger partial charge in [0.2, 0.25) is 12.2 Å². The molecule has 2 aromatic carbocycles. The van der Waals surface area contributed by atoms with Gasteiger partial charge in [0.25, 0.3) is 0 Å². The van der Waals surface area contributed by atoms with Gasteiger partial charge >= 0.3 is 0 Å². The maximum Gasteiger partial charge on any atom is 0.237 e. The van der Waals surface area contributed by atoms with Crippen molar-refractivity contribution in [2.75, 3.05) is 0 Å². The summed E-state index contributed by atoms with van der Waals surface area (Å²) in [7, 11) is 0. The van der Waals surface area contributed by atoms with Crippen molar-refractivity contribution < 1.29 is 14.7 Å². The van der Waals surface area contributed by atoms with Gasteiger partial charge in [0.15, 0.2) is 0 Å². The third kappa shape index (κ3) is 5.23. The summed E-state index contributed by atoms with van der Waals surface area (Å²) in [6.45, 7) is 0. The Kier molecular flexibility index (Phi) is 5.88. The fourth-order valence-electron chi connectivity index (χ4n) is 2.23. The predicted molar refractivity (Wildman–Crippen MR) is 87.6 cm³/mol. The van der Waals surface area contributed by atoms with Gasteiger partial charge in [-0.25, -0.2) is 0 Å². The Labute approximate surface area is 135 Å². The lowest BCUT2D eigenvalue weighted by atomic mass is 10.0. The molecule has 0 saturated heterocycles. The third-order valence-corrected chi connectivity index (χ3v) is 3.47. The van der Waals surface area contributed by atoms with Crippen LogP contribution >= 0.6 is 0 Å². The Morgan fingerprint density at radius 3 is 2.26 bits per heavy atom. The number of phenols is 1. The van der Waals surface area contributed by atoms with Crippen molar-refractivity contribution in [2.24, 2.45) is 5.73 Å². The topological polar surface area (TPSA) is 92.4 Å². The van der Waals surface area contributed by atoms with Gasteiger partial charge in [-0.15, -0.1) is 0 Å². The van der Waals surface area contributed by atoms with E-state index in [1.54, 1.807) is 12.1 Å². The van der Waals surface area contributed by atoms with Gasteiger partial charge in [-0.3, -0.25) is 9.59 Å². The molecule has 1 amide bonds. The van der Waals surface area contributed by atoms with E-state index in [9.17, 15) is 14.7 Å². The summed E-state index contributed by atoms with van der Waals surface area (Å²) in [5.41, 5.74) is 7.65. The van der Waals surface area contributed by atoms with Crippen LogP contribution in [0.15, 0.2) is 54.6 Å². The first kappa shape index (κ1) is 16.7. The van der Waals surface area contributed by atoms with Crippen LogP contribution in [-0.2, 0) is 22.4 Å². The molecule has 2 rings (SSSR count). The Hall–Kier alpha value is -2.66. The Morgan fingerprint density at radius 2 is 1.65 bits per heavy atom. The van der Waals surface area contributed by atoms with Gasteiger partial charge < -0.3 is 16.2 Å². The highest BCUT2D eigenvalue weighted by atomic mass is 16.3. The molecule has 1 radical (unpaired) electrons. The molecule has 5 heteroatoms. The van der Waals surface area contributed by atoms with E-state index in [-0.39, 0.29) is 5.75 Å². The molecular formula is C18H19N2O3. The van der Waals surface area contributed by atoms with Gasteiger partial charge in [0.1, 0.15) is 5.75 Å². The van der Waals surface area contributed by atoms with E-state index in [0.29, 0.717) is 12.8 Å². The average molecular weight is 311 g/mol. The van der Waals surface area contributed by atoms with Gasteiger partial charge in [0.05, 0.1) is 12.1 Å². The highest BCUT2D eigenvalue weighted by molar-refractivity contribution is 5.84. The summed E-state index contributed by atoms with van der Waals surface area (Å²) in [6.07, 6.45) is 2.54. The van der Waals surface area contributed by atoms with Crippen molar-refractivity contribution in [3.8, 4) is 5.75 Å². The monoisotopic (exact) mass is 311 g/mol. The normalized spacial score (nSPS) is 13.1. The first-order valence-corrected chi connectivity index (χ1v) is 7.34. The molecule has 0 unspecified atom stereocenters. The number of hydrogen-bond acceptors (Lipinski definition) is 4. The lowest BCUT2D eigenvalue weighted by Crippen LogP contribution is -2.47. The number of rotatable bonds is 7. The lowest BCUT2D eigenvalue weighted by Gasteiger charge is -2.16. The van der Waals surface area contributed by atoms with E-state index in [2.05, 4.69) is 5.32 Å². The minimum Gasteiger partial charge on any atom is -0.508 e. The van der Waals surface area contributed by atoms with Crippen LogP contribution in [0, 0.1) is 0 Å².